The van der Waals surface area contributed by atoms with E-state index in [0.717, 1.165) is 42.9 Å². The number of piperazine rings is 1. The summed E-state index contributed by atoms with van der Waals surface area (Å²) in [7, 11) is 1.41. The Morgan fingerprint density at radius 3 is 2.39 bits per heavy atom. The van der Waals surface area contributed by atoms with Gasteiger partial charge < -0.3 is 15.0 Å². The maximum absolute atomic E-state index is 11.8. The fourth-order valence-corrected chi connectivity index (χ4v) is 2.97. The van der Waals surface area contributed by atoms with Crippen molar-refractivity contribution in [3.8, 4) is 11.1 Å². The van der Waals surface area contributed by atoms with E-state index in [1.807, 2.05) is 19.1 Å². The van der Waals surface area contributed by atoms with Gasteiger partial charge in [-0.3, -0.25) is 0 Å². The van der Waals surface area contributed by atoms with Crippen molar-refractivity contribution in [1.29, 1.82) is 0 Å². The number of methoxy groups -OCH3 is 1. The number of carbonyl (C=O) groups is 1. The van der Waals surface area contributed by atoms with E-state index in [0.29, 0.717) is 5.56 Å². The summed E-state index contributed by atoms with van der Waals surface area (Å²) in [6.07, 6.45) is 0. The van der Waals surface area contributed by atoms with Crippen molar-refractivity contribution in [3.05, 3.63) is 53.6 Å². The molecule has 0 amide bonds. The first kappa shape index (κ1) is 15.6. The van der Waals surface area contributed by atoms with E-state index in [4.69, 9.17) is 4.74 Å². The van der Waals surface area contributed by atoms with Gasteiger partial charge in [-0.1, -0.05) is 18.2 Å². The third-order valence-electron chi connectivity index (χ3n) is 4.18. The highest BCUT2D eigenvalue weighted by Crippen LogP contribution is 2.25. The van der Waals surface area contributed by atoms with Crippen molar-refractivity contribution < 1.29 is 9.53 Å². The van der Waals surface area contributed by atoms with Gasteiger partial charge >= 0.3 is 5.97 Å². The molecule has 2 aromatic carbocycles. The van der Waals surface area contributed by atoms with Crippen molar-refractivity contribution in [2.75, 3.05) is 38.2 Å². The maximum Gasteiger partial charge on any atom is 0.337 e. The summed E-state index contributed by atoms with van der Waals surface area (Å²) in [6, 6.07) is 14.4. The summed E-state index contributed by atoms with van der Waals surface area (Å²) >= 11 is 0. The molecular weight excluding hydrogens is 288 g/mol. The van der Waals surface area contributed by atoms with Gasteiger partial charge in [-0.2, -0.15) is 0 Å². The minimum atomic E-state index is -0.299. The molecule has 4 nitrogen and oxygen atoms in total. The zero-order valence-electron chi connectivity index (χ0n) is 13.6. The van der Waals surface area contributed by atoms with E-state index in [9.17, 15) is 4.79 Å². The van der Waals surface area contributed by atoms with Crippen LogP contribution in [0.2, 0.25) is 0 Å². The summed E-state index contributed by atoms with van der Waals surface area (Å²) in [5, 5.41) is 3.36. The molecular formula is C19H22N2O2. The molecule has 0 unspecified atom stereocenters. The van der Waals surface area contributed by atoms with Gasteiger partial charge in [0.1, 0.15) is 0 Å². The quantitative estimate of drug-likeness (QED) is 0.885. The molecule has 0 aliphatic carbocycles. The number of hydrogen-bond donors (Lipinski definition) is 1. The Labute approximate surface area is 137 Å². The van der Waals surface area contributed by atoms with Gasteiger partial charge in [0, 0.05) is 31.9 Å². The predicted molar refractivity (Wildman–Crippen MR) is 93.0 cm³/mol. The summed E-state index contributed by atoms with van der Waals surface area (Å²) in [6.45, 7) is 6.13. The second-order valence-electron chi connectivity index (χ2n) is 5.86. The van der Waals surface area contributed by atoms with Gasteiger partial charge in [-0.15, -0.1) is 0 Å². The Kier molecular flexibility index (Phi) is 4.63. The molecule has 2 aromatic rings. The number of esters is 1. The first-order valence-corrected chi connectivity index (χ1v) is 7.93. The summed E-state index contributed by atoms with van der Waals surface area (Å²) in [5.41, 5.74) is 5.04. The van der Waals surface area contributed by atoms with Crippen molar-refractivity contribution in [1.82, 2.24) is 5.32 Å². The normalized spacial score (nSPS) is 14.6. The standard InChI is InChI=1S/C19H22N2O2/c1-14-11-16(13-17(12-14)19(22)23-2)15-3-5-18(6-4-15)21-9-7-20-8-10-21/h3-6,11-13,20H,7-10H2,1-2H3. The van der Waals surface area contributed by atoms with Crippen LogP contribution in [0.5, 0.6) is 0 Å². The molecule has 3 rings (SSSR count). The van der Waals surface area contributed by atoms with Gasteiger partial charge in [0.05, 0.1) is 12.7 Å². The molecule has 1 aliphatic heterocycles. The zero-order valence-corrected chi connectivity index (χ0v) is 13.6. The number of carbonyl (C=O) groups excluding carboxylic acids is 1. The Morgan fingerprint density at radius 2 is 1.74 bits per heavy atom. The largest absolute Gasteiger partial charge is 0.465 e. The average molecular weight is 310 g/mol. The number of nitrogens with zero attached hydrogens (tertiary/aromatic N) is 1. The topological polar surface area (TPSA) is 41.6 Å². The lowest BCUT2D eigenvalue weighted by molar-refractivity contribution is 0.0600. The third-order valence-corrected chi connectivity index (χ3v) is 4.18. The van der Waals surface area contributed by atoms with Gasteiger partial charge in [0.2, 0.25) is 0 Å². The molecule has 0 spiro atoms. The zero-order chi connectivity index (χ0) is 16.2. The molecule has 1 heterocycles. The van der Waals surface area contributed by atoms with Crippen LogP contribution in [0.3, 0.4) is 0 Å². The van der Waals surface area contributed by atoms with Crippen LogP contribution >= 0.6 is 0 Å². The van der Waals surface area contributed by atoms with Crippen molar-refractivity contribution >= 4 is 11.7 Å². The highest BCUT2D eigenvalue weighted by Gasteiger charge is 2.11. The van der Waals surface area contributed by atoms with E-state index in [-0.39, 0.29) is 5.97 Å². The maximum atomic E-state index is 11.8. The highest BCUT2D eigenvalue weighted by atomic mass is 16.5. The van der Waals surface area contributed by atoms with E-state index in [1.54, 1.807) is 0 Å². The number of benzene rings is 2. The molecule has 23 heavy (non-hydrogen) atoms. The minimum Gasteiger partial charge on any atom is -0.465 e. The van der Waals surface area contributed by atoms with Crippen LogP contribution in [-0.2, 0) is 4.74 Å². The highest BCUT2D eigenvalue weighted by molar-refractivity contribution is 5.91. The molecule has 4 heteroatoms. The van der Waals surface area contributed by atoms with Gasteiger partial charge in [0.25, 0.3) is 0 Å². The fraction of sp³-hybridized carbons (Fsp3) is 0.316. The van der Waals surface area contributed by atoms with E-state index in [1.165, 1.54) is 12.8 Å². The minimum absolute atomic E-state index is 0.299. The molecule has 0 atom stereocenters. The van der Waals surface area contributed by atoms with Crippen molar-refractivity contribution in [3.63, 3.8) is 0 Å². The smallest absolute Gasteiger partial charge is 0.337 e. The summed E-state index contributed by atoms with van der Waals surface area (Å²) < 4.78 is 4.83. The number of anilines is 1. The number of aryl methyl sites for hydroxylation is 1. The second kappa shape index (κ2) is 6.84. The molecule has 1 fully saturated rings. The van der Waals surface area contributed by atoms with Crippen molar-refractivity contribution in [2.45, 2.75) is 6.92 Å². The molecule has 0 radical (unpaired) electrons. The SMILES string of the molecule is COC(=O)c1cc(C)cc(-c2ccc(N3CCNCC3)cc2)c1. The predicted octanol–water partition coefficient (Wildman–Crippen LogP) is 2.86. The van der Waals surface area contributed by atoms with E-state index < -0.39 is 0 Å². The van der Waals surface area contributed by atoms with E-state index >= 15 is 0 Å². The molecule has 1 aliphatic rings. The van der Waals surface area contributed by atoms with Crippen LogP contribution in [0.15, 0.2) is 42.5 Å². The van der Waals surface area contributed by atoms with Crippen LogP contribution in [-0.4, -0.2) is 39.3 Å². The monoisotopic (exact) mass is 310 g/mol. The van der Waals surface area contributed by atoms with Gasteiger partial charge in [0.15, 0.2) is 0 Å². The third kappa shape index (κ3) is 3.54. The fourth-order valence-electron chi connectivity index (χ4n) is 2.97. The van der Waals surface area contributed by atoms with Gasteiger partial charge in [-0.25, -0.2) is 4.79 Å². The first-order valence-electron chi connectivity index (χ1n) is 7.93. The van der Waals surface area contributed by atoms with Gasteiger partial charge in [-0.05, 0) is 47.9 Å². The lowest BCUT2D eigenvalue weighted by Gasteiger charge is -2.29. The summed E-state index contributed by atoms with van der Waals surface area (Å²) in [5.74, 6) is -0.299. The Hall–Kier alpha value is -2.33. The van der Waals surface area contributed by atoms with E-state index in [2.05, 4.69) is 40.5 Å². The van der Waals surface area contributed by atoms with Crippen LogP contribution in [0.4, 0.5) is 5.69 Å². The number of hydrogen-bond acceptors (Lipinski definition) is 4. The molecule has 0 aromatic heterocycles. The summed E-state index contributed by atoms with van der Waals surface area (Å²) in [4.78, 5) is 14.2. The Balaban J connectivity index is 1.87. The number of nitrogens with one attached hydrogen (secondary N) is 1. The Morgan fingerprint density at radius 1 is 1.04 bits per heavy atom. The second-order valence-corrected chi connectivity index (χ2v) is 5.86. The number of rotatable bonds is 3. The molecule has 0 saturated carbocycles. The molecule has 120 valence electrons. The molecule has 1 N–H and O–H groups in total. The first-order chi connectivity index (χ1) is 11.2. The van der Waals surface area contributed by atoms with Crippen LogP contribution in [0, 0.1) is 6.92 Å². The average Bonchev–Trinajstić information content (AvgIpc) is 2.61. The van der Waals surface area contributed by atoms with Crippen LogP contribution in [0.25, 0.3) is 11.1 Å². The Bertz CT molecular complexity index is 689. The molecule has 0 bridgehead atoms. The molecule has 1 saturated heterocycles. The van der Waals surface area contributed by atoms with Crippen LogP contribution < -0.4 is 10.2 Å². The number of ether oxygens (including phenoxy) is 1. The lowest BCUT2D eigenvalue weighted by atomic mass is 10.00. The lowest BCUT2D eigenvalue weighted by Crippen LogP contribution is -2.43. The van der Waals surface area contributed by atoms with Crippen molar-refractivity contribution in [2.24, 2.45) is 0 Å². The van der Waals surface area contributed by atoms with Crippen LogP contribution in [0.1, 0.15) is 15.9 Å².